The number of aliphatic carboxylic acids is 1. The van der Waals surface area contributed by atoms with Crippen molar-refractivity contribution in [2.24, 2.45) is 11.5 Å². The van der Waals surface area contributed by atoms with Gasteiger partial charge in [-0.25, -0.2) is 4.79 Å². The van der Waals surface area contributed by atoms with Crippen molar-refractivity contribution in [1.82, 2.24) is 16.0 Å². The minimum absolute atomic E-state index is 0.0204. The Hall–Kier alpha value is -4.25. The highest BCUT2D eigenvalue weighted by molar-refractivity contribution is 5.94. The van der Waals surface area contributed by atoms with Gasteiger partial charge in [0.25, 0.3) is 0 Å². The van der Waals surface area contributed by atoms with Crippen molar-refractivity contribution in [3.8, 4) is 0 Å². The van der Waals surface area contributed by atoms with Crippen LogP contribution in [0.5, 0.6) is 0 Å². The molecule has 4 atom stereocenters. The maximum Gasteiger partial charge on any atom is 0.326 e. The van der Waals surface area contributed by atoms with E-state index in [0.29, 0.717) is 0 Å². The molecule has 11 nitrogen and oxygen atoms in total. The molecule has 0 aliphatic rings. The summed E-state index contributed by atoms with van der Waals surface area (Å²) < 4.78 is 0. The van der Waals surface area contributed by atoms with E-state index in [1.54, 1.807) is 60.7 Å². The molecular formula is C26H33N5O6. The summed E-state index contributed by atoms with van der Waals surface area (Å²) in [7, 11) is 0. The second kappa shape index (κ2) is 14.3. The monoisotopic (exact) mass is 511 g/mol. The van der Waals surface area contributed by atoms with Gasteiger partial charge in [-0.2, -0.15) is 0 Å². The average Bonchev–Trinajstić information content (AvgIpc) is 2.87. The number of hydrogen-bond donors (Lipinski definition) is 6. The van der Waals surface area contributed by atoms with Gasteiger partial charge in [0, 0.05) is 19.3 Å². The van der Waals surface area contributed by atoms with Crippen molar-refractivity contribution in [2.45, 2.75) is 56.8 Å². The lowest BCUT2D eigenvalue weighted by Gasteiger charge is -2.24. The van der Waals surface area contributed by atoms with Gasteiger partial charge in [0.2, 0.25) is 23.6 Å². The number of primary amides is 1. The number of carbonyl (C=O) groups excluding carboxylic acids is 4. The van der Waals surface area contributed by atoms with Gasteiger partial charge in [0.1, 0.15) is 18.1 Å². The molecule has 0 aliphatic heterocycles. The first-order valence-corrected chi connectivity index (χ1v) is 11.8. The fourth-order valence-electron chi connectivity index (χ4n) is 3.49. The molecule has 4 amide bonds. The number of nitrogens with one attached hydrogen (secondary N) is 3. The van der Waals surface area contributed by atoms with Crippen LogP contribution in [0.4, 0.5) is 0 Å². The van der Waals surface area contributed by atoms with Crippen molar-refractivity contribution >= 4 is 29.6 Å². The molecule has 0 bridgehead atoms. The molecule has 0 aromatic heterocycles. The van der Waals surface area contributed by atoms with Crippen molar-refractivity contribution < 1.29 is 29.1 Å². The smallest absolute Gasteiger partial charge is 0.326 e. The Morgan fingerprint density at radius 1 is 0.757 bits per heavy atom. The predicted molar refractivity (Wildman–Crippen MR) is 136 cm³/mol. The van der Waals surface area contributed by atoms with Crippen molar-refractivity contribution in [3.63, 3.8) is 0 Å². The Balaban J connectivity index is 2.10. The van der Waals surface area contributed by atoms with Crippen LogP contribution in [0.3, 0.4) is 0 Å². The highest BCUT2D eigenvalue weighted by Gasteiger charge is 2.29. The van der Waals surface area contributed by atoms with E-state index in [9.17, 15) is 29.1 Å². The lowest BCUT2D eigenvalue weighted by molar-refractivity contribution is -0.142. The highest BCUT2D eigenvalue weighted by atomic mass is 16.4. The first kappa shape index (κ1) is 29.0. The van der Waals surface area contributed by atoms with E-state index >= 15 is 0 Å². The summed E-state index contributed by atoms with van der Waals surface area (Å²) in [5, 5.41) is 17.2. The molecule has 0 radical (unpaired) electrons. The van der Waals surface area contributed by atoms with Crippen LogP contribution < -0.4 is 27.4 Å². The predicted octanol–water partition coefficient (Wildman–Crippen LogP) is -0.376. The molecular weight excluding hydrogens is 478 g/mol. The number of carboxylic acid groups (broad SMARTS) is 1. The average molecular weight is 512 g/mol. The first-order chi connectivity index (χ1) is 17.6. The molecule has 2 aromatic carbocycles. The van der Waals surface area contributed by atoms with Crippen LogP contribution in [-0.4, -0.2) is 58.9 Å². The quantitative estimate of drug-likeness (QED) is 0.199. The van der Waals surface area contributed by atoms with Gasteiger partial charge in [-0.3, -0.25) is 19.2 Å². The first-order valence-electron chi connectivity index (χ1n) is 11.8. The van der Waals surface area contributed by atoms with Gasteiger partial charge in [0.05, 0.1) is 6.04 Å². The van der Waals surface area contributed by atoms with Crippen LogP contribution in [0.1, 0.15) is 30.9 Å². The van der Waals surface area contributed by atoms with E-state index in [1.807, 2.05) is 0 Å². The molecule has 0 heterocycles. The number of nitrogens with two attached hydrogens (primary N) is 2. The zero-order valence-electron chi connectivity index (χ0n) is 20.6. The van der Waals surface area contributed by atoms with Gasteiger partial charge in [-0.05, 0) is 24.5 Å². The Kier molecular flexibility index (Phi) is 11.2. The number of benzene rings is 2. The van der Waals surface area contributed by atoms with Crippen LogP contribution in [0.25, 0.3) is 0 Å². The fraction of sp³-hybridized carbons (Fsp3) is 0.346. The summed E-state index contributed by atoms with van der Waals surface area (Å²) in [4.78, 5) is 61.0. The Labute approximate surface area is 215 Å². The van der Waals surface area contributed by atoms with Crippen LogP contribution in [0.15, 0.2) is 60.7 Å². The molecule has 8 N–H and O–H groups in total. The number of carbonyl (C=O) groups is 5. The van der Waals surface area contributed by atoms with Crippen LogP contribution in [-0.2, 0) is 36.8 Å². The normalized spacial score (nSPS) is 13.9. The summed E-state index contributed by atoms with van der Waals surface area (Å²) in [5.74, 6) is -3.82. The fourth-order valence-corrected chi connectivity index (χ4v) is 3.49. The summed E-state index contributed by atoms with van der Waals surface area (Å²) in [6.07, 6.45) is 0.0905. The Morgan fingerprint density at radius 3 is 1.73 bits per heavy atom. The number of hydrogen-bond acceptors (Lipinski definition) is 6. The third-order valence-corrected chi connectivity index (χ3v) is 5.60. The Bertz CT molecular complexity index is 1080. The number of carboxylic acids is 1. The van der Waals surface area contributed by atoms with E-state index in [4.69, 9.17) is 11.5 Å². The molecule has 2 aromatic rings. The maximum absolute atomic E-state index is 13.1. The second-order valence-electron chi connectivity index (χ2n) is 8.68. The summed E-state index contributed by atoms with van der Waals surface area (Å²) in [5.41, 5.74) is 12.3. The lowest BCUT2D eigenvalue weighted by Crippen LogP contribution is -2.57. The molecule has 0 saturated heterocycles. The van der Waals surface area contributed by atoms with Gasteiger partial charge < -0.3 is 32.5 Å². The SMILES string of the molecule is C[C@H](NC(=O)[C@@H](N)CCC(N)=O)C(=O)N[C@@H](Cc1ccccc1)C(=O)N[C@@H](Cc1ccccc1)C(=O)O. The number of amides is 4. The third kappa shape index (κ3) is 10.1. The summed E-state index contributed by atoms with van der Waals surface area (Å²) >= 11 is 0. The van der Waals surface area contributed by atoms with Crippen LogP contribution in [0.2, 0.25) is 0 Å². The van der Waals surface area contributed by atoms with Crippen molar-refractivity contribution in [3.05, 3.63) is 71.8 Å². The minimum atomic E-state index is -1.22. The molecule has 0 saturated carbocycles. The topological polar surface area (TPSA) is 194 Å². The lowest BCUT2D eigenvalue weighted by atomic mass is 10.0. The summed E-state index contributed by atoms with van der Waals surface area (Å²) in [6.45, 7) is 1.42. The van der Waals surface area contributed by atoms with Gasteiger partial charge in [0.15, 0.2) is 0 Å². The molecule has 37 heavy (non-hydrogen) atoms. The molecule has 198 valence electrons. The van der Waals surface area contributed by atoms with Crippen molar-refractivity contribution in [1.29, 1.82) is 0 Å². The zero-order valence-corrected chi connectivity index (χ0v) is 20.6. The largest absolute Gasteiger partial charge is 0.480 e. The standard InChI is InChI=1S/C26H33N5O6/c1-16(29-24(34)19(27)12-13-22(28)32)23(33)30-20(14-17-8-4-2-5-9-17)25(35)31-21(26(36)37)15-18-10-6-3-7-11-18/h2-11,16,19-21H,12-15,27H2,1H3,(H2,28,32)(H,29,34)(H,30,33)(H,31,35)(H,36,37)/t16-,19-,20-,21-/m0/s1. The van der Waals surface area contributed by atoms with E-state index in [2.05, 4.69) is 16.0 Å². The highest BCUT2D eigenvalue weighted by Crippen LogP contribution is 2.07. The number of rotatable bonds is 14. The van der Waals surface area contributed by atoms with E-state index < -0.39 is 53.8 Å². The molecule has 0 spiro atoms. The zero-order chi connectivity index (χ0) is 27.4. The van der Waals surface area contributed by atoms with E-state index in [1.165, 1.54) is 6.92 Å². The third-order valence-electron chi connectivity index (χ3n) is 5.60. The van der Waals surface area contributed by atoms with E-state index in [0.717, 1.165) is 11.1 Å². The molecule has 2 rings (SSSR count). The van der Waals surface area contributed by atoms with Gasteiger partial charge in [-0.15, -0.1) is 0 Å². The van der Waals surface area contributed by atoms with Gasteiger partial charge in [-0.1, -0.05) is 60.7 Å². The second-order valence-corrected chi connectivity index (χ2v) is 8.68. The van der Waals surface area contributed by atoms with Gasteiger partial charge >= 0.3 is 5.97 Å². The molecule has 0 aliphatic carbocycles. The van der Waals surface area contributed by atoms with Crippen LogP contribution in [0, 0.1) is 0 Å². The minimum Gasteiger partial charge on any atom is -0.480 e. The van der Waals surface area contributed by atoms with Crippen molar-refractivity contribution in [2.75, 3.05) is 0 Å². The van der Waals surface area contributed by atoms with Crippen LogP contribution >= 0.6 is 0 Å². The molecule has 0 fully saturated rings. The molecule has 11 heteroatoms. The summed E-state index contributed by atoms with van der Waals surface area (Å²) in [6, 6.07) is 13.3. The Morgan fingerprint density at radius 2 is 1.24 bits per heavy atom. The molecule has 0 unspecified atom stereocenters. The van der Waals surface area contributed by atoms with E-state index in [-0.39, 0.29) is 25.7 Å². The maximum atomic E-state index is 13.1.